The van der Waals surface area contributed by atoms with Crippen LogP contribution < -0.4 is 0 Å². The van der Waals surface area contributed by atoms with Crippen LogP contribution in [0.25, 0.3) is 10.9 Å². The first kappa shape index (κ1) is 9.89. The number of aromatic nitrogens is 1. The van der Waals surface area contributed by atoms with E-state index in [0.717, 1.165) is 0 Å². The van der Waals surface area contributed by atoms with Crippen molar-refractivity contribution in [3.63, 3.8) is 0 Å². The van der Waals surface area contributed by atoms with E-state index in [1.165, 1.54) is 19.1 Å². The quantitative estimate of drug-likeness (QED) is 0.374. The van der Waals surface area contributed by atoms with Crippen LogP contribution in [0.2, 0.25) is 0 Å². The van der Waals surface area contributed by atoms with Gasteiger partial charge in [-0.2, -0.15) is 0 Å². The lowest BCUT2D eigenvalue weighted by molar-refractivity contribution is 0.417. The minimum absolute atomic E-state index is 0.364. The van der Waals surface area contributed by atoms with Gasteiger partial charge in [-0.1, -0.05) is 0 Å². The first-order valence-electron chi connectivity index (χ1n) is 4.11. The van der Waals surface area contributed by atoms with E-state index < -0.39 is 28.8 Å². The highest BCUT2D eigenvalue weighted by atomic mass is 19.2. The van der Waals surface area contributed by atoms with Crippen molar-refractivity contribution in [3.05, 3.63) is 41.1 Å². The number of benzene rings is 1. The summed E-state index contributed by atoms with van der Waals surface area (Å²) in [6, 6.07) is 2.56. The van der Waals surface area contributed by atoms with Crippen molar-refractivity contribution in [3.8, 4) is 0 Å². The third kappa shape index (κ3) is 1.35. The maximum Gasteiger partial charge on any atom is 0.199 e. The Hall–Kier alpha value is -1.65. The second-order valence-electron chi connectivity index (χ2n) is 3.10. The molecule has 1 aromatic carbocycles. The van der Waals surface area contributed by atoms with Gasteiger partial charge in [0.15, 0.2) is 23.3 Å². The third-order valence-corrected chi connectivity index (χ3v) is 2.06. The molecule has 0 bridgehead atoms. The fourth-order valence-corrected chi connectivity index (χ4v) is 1.32. The predicted molar refractivity (Wildman–Crippen MR) is 46.3 cm³/mol. The van der Waals surface area contributed by atoms with Crippen molar-refractivity contribution in [2.75, 3.05) is 0 Å². The molecule has 78 valence electrons. The zero-order valence-electron chi connectivity index (χ0n) is 7.61. The first-order valence-corrected chi connectivity index (χ1v) is 4.11. The highest BCUT2D eigenvalue weighted by Gasteiger charge is 2.20. The van der Waals surface area contributed by atoms with Gasteiger partial charge in [-0.15, -0.1) is 0 Å². The molecule has 0 aliphatic heterocycles. The van der Waals surface area contributed by atoms with Gasteiger partial charge < -0.3 is 0 Å². The van der Waals surface area contributed by atoms with Crippen molar-refractivity contribution < 1.29 is 17.6 Å². The summed E-state index contributed by atoms with van der Waals surface area (Å²) in [4.78, 5) is 3.62. The molecule has 2 rings (SSSR count). The lowest BCUT2D eigenvalue weighted by Gasteiger charge is -2.04. The van der Waals surface area contributed by atoms with E-state index in [0.29, 0.717) is 5.69 Å². The Morgan fingerprint density at radius 3 is 2.13 bits per heavy atom. The smallest absolute Gasteiger partial charge is 0.199 e. The molecule has 0 saturated carbocycles. The van der Waals surface area contributed by atoms with Gasteiger partial charge in [-0.05, 0) is 19.1 Å². The maximum atomic E-state index is 13.2. The number of nitrogens with zero attached hydrogens (tertiary/aromatic N) is 1. The molecule has 0 aliphatic carbocycles. The molecular formula is C10H5F4N. The molecule has 0 amide bonds. The zero-order chi connectivity index (χ0) is 11.2. The van der Waals surface area contributed by atoms with Gasteiger partial charge >= 0.3 is 0 Å². The molecule has 0 radical (unpaired) electrons. The van der Waals surface area contributed by atoms with Gasteiger partial charge in [-0.3, -0.25) is 0 Å². The average Bonchev–Trinajstić information content (AvgIpc) is 2.23. The predicted octanol–water partition coefficient (Wildman–Crippen LogP) is 3.10. The van der Waals surface area contributed by atoms with E-state index in [9.17, 15) is 17.6 Å². The van der Waals surface area contributed by atoms with Crippen molar-refractivity contribution in [1.82, 2.24) is 4.98 Å². The Labute approximate surface area is 82.4 Å². The van der Waals surface area contributed by atoms with E-state index in [2.05, 4.69) is 4.98 Å². The van der Waals surface area contributed by atoms with E-state index in [4.69, 9.17) is 0 Å². The van der Waals surface area contributed by atoms with Gasteiger partial charge in [0, 0.05) is 11.1 Å². The summed E-state index contributed by atoms with van der Waals surface area (Å²) in [5.74, 6) is -6.53. The van der Waals surface area contributed by atoms with Crippen molar-refractivity contribution in [1.29, 1.82) is 0 Å². The molecule has 1 nitrogen and oxygen atoms in total. The van der Waals surface area contributed by atoms with Crippen LogP contribution in [0.15, 0.2) is 12.1 Å². The molecule has 5 heteroatoms. The van der Waals surface area contributed by atoms with Crippen LogP contribution in [0.1, 0.15) is 5.69 Å². The summed E-state index contributed by atoms with van der Waals surface area (Å²) in [7, 11) is 0. The third-order valence-electron chi connectivity index (χ3n) is 2.06. The van der Waals surface area contributed by atoms with E-state index in [1.807, 2.05) is 0 Å². The molecule has 0 aliphatic rings. The Balaban J connectivity index is 3.00. The van der Waals surface area contributed by atoms with Gasteiger partial charge in [0.05, 0.1) is 0 Å². The number of rotatable bonds is 0. The fraction of sp³-hybridized carbons (Fsp3) is 0.100. The van der Waals surface area contributed by atoms with Crippen LogP contribution in [0, 0.1) is 30.2 Å². The molecule has 0 fully saturated rings. The van der Waals surface area contributed by atoms with E-state index in [1.54, 1.807) is 0 Å². The van der Waals surface area contributed by atoms with Gasteiger partial charge in [-0.25, -0.2) is 22.5 Å². The van der Waals surface area contributed by atoms with Crippen LogP contribution in [-0.4, -0.2) is 4.98 Å². The van der Waals surface area contributed by atoms with Crippen molar-refractivity contribution >= 4 is 10.9 Å². The summed E-state index contributed by atoms with van der Waals surface area (Å²) in [6.45, 7) is 1.54. The lowest BCUT2D eigenvalue weighted by Crippen LogP contribution is -2.00. The largest absolute Gasteiger partial charge is 0.250 e. The lowest BCUT2D eigenvalue weighted by atomic mass is 10.1. The van der Waals surface area contributed by atoms with Crippen LogP contribution in [-0.2, 0) is 0 Å². The number of pyridine rings is 1. The van der Waals surface area contributed by atoms with Crippen LogP contribution >= 0.6 is 0 Å². The minimum Gasteiger partial charge on any atom is -0.250 e. The number of halogens is 4. The zero-order valence-corrected chi connectivity index (χ0v) is 7.61. The Bertz CT molecular complexity index is 551. The number of aryl methyl sites for hydroxylation is 1. The molecular weight excluding hydrogens is 210 g/mol. The highest BCUT2D eigenvalue weighted by Crippen LogP contribution is 2.25. The topological polar surface area (TPSA) is 12.9 Å². The van der Waals surface area contributed by atoms with Crippen molar-refractivity contribution in [2.45, 2.75) is 6.92 Å². The maximum absolute atomic E-state index is 13.2. The summed E-state index contributed by atoms with van der Waals surface area (Å²) in [5.41, 5.74) is -0.0989. The Kier molecular flexibility index (Phi) is 2.10. The molecule has 0 atom stereocenters. The number of hydrogen-bond donors (Lipinski definition) is 0. The van der Waals surface area contributed by atoms with Crippen LogP contribution in [0.5, 0.6) is 0 Å². The normalized spacial score (nSPS) is 11.0. The molecule has 1 aromatic heterocycles. The molecule has 0 unspecified atom stereocenters. The van der Waals surface area contributed by atoms with E-state index in [-0.39, 0.29) is 5.39 Å². The summed E-state index contributed by atoms with van der Waals surface area (Å²) in [6.07, 6.45) is 0. The Morgan fingerprint density at radius 1 is 0.867 bits per heavy atom. The van der Waals surface area contributed by atoms with Gasteiger partial charge in [0.2, 0.25) is 0 Å². The number of fused-ring (bicyclic) bond motifs is 1. The fourth-order valence-electron chi connectivity index (χ4n) is 1.32. The molecule has 0 saturated heterocycles. The summed E-state index contributed by atoms with van der Waals surface area (Å²) < 4.78 is 52.0. The van der Waals surface area contributed by atoms with Gasteiger partial charge in [0.1, 0.15) is 5.52 Å². The van der Waals surface area contributed by atoms with Crippen LogP contribution in [0.3, 0.4) is 0 Å². The minimum atomic E-state index is -1.84. The SMILES string of the molecule is Cc1ccc2c(F)c(F)c(F)c(F)c2n1. The Morgan fingerprint density at radius 2 is 1.47 bits per heavy atom. The summed E-state index contributed by atoms with van der Waals surface area (Å²) >= 11 is 0. The van der Waals surface area contributed by atoms with E-state index >= 15 is 0 Å². The monoisotopic (exact) mass is 215 g/mol. The van der Waals surface area contributed by atoms with Crippen molar-refractivity contribution in [2.24, 2.45) is 0 Å². The molecule has 0 spiro atoms. The molecule has 2 aromatic rings. The first-order chi connectivity index (χ1) is 7.02. The summed E-state index contributed by atoms with van der Waals surface area (Å²) in [5, 5.41) is -0.364. The highest BCUT2D eigenvalue weighted by molar-refractivity contribution is 5.80. The number of hydrogen-bond acceptors (Lipinski definition) is 1. The average molecular weight is 215 g/mol. The van der Waals surface area contributed by atoms with Crippen LogP contribution in [0.4, 0.5) is 17.6 Å². The molecule has 1 heterocycles. The second-order valence-corrected chi connectivity index (χ2v) is 3.10. The second kappa shape index (κ2) is 3.18. The molecule has 15 heavy (non-hydrogen) atoms. The standard InChI is InChI=1S/C10H5F4N/c1-4-2-3-5-6(11)7(12)8(13)9(14)10(5)15-4/h2-3H,1H3. The molecule has 0 N–H and O–H groups in total. The van der Waals surface area contributed by atoms with Gasteiger partial charge in [0.25, 0.3) is 0 Å².